The first kappa shape index (κ1) is 12.7. The minimum atomic E-state index is 0.795. The van der Waals surface area contributed by atoms with Crippen LogP contribution >= 0.6 is 23.4 Å². The summed E-state index contributed by atoms with van der Waals surface area (Å²) in [6, 6.07) is 5.68. The lowest BCUT2D eigenvalue weighted by Crippen LogP contribution is -1.89. The molecule has 0 aromatic heterocycles. The Labute approximate surface area is 101 Å². The number of halogens is 1. The molecule has 0 spiro atoms. The highest BCUT2D eigenvalue weighted by atomic mass is 35.5. The van der Waals surface area contributed by atoms with Gasteiger partial charge in [0.1, 0.15) is 0 Å². The largest absolute Gasteiger partial charge is 0.399 e. The molecule has 1 aromatic carbocycles. The molecule has 0 unspecified atom stereocenters. The summed E-state index contributed by atoms with van der Waals surface area (Å²) in [5, 5.41) is 0.826. The third kappa shape index (κ3) is 4.80. The van der Waals surface area contributed by atoms with Crippen molar-refractivity contribution in [3.63, 3.8) is 0 Å². The van der Waals surface area contributed by atoms with E-state index in [0.717, 1.165) is 22.0 Å². The van der Waals surface area contributed by atoms with Gasteiger partial charge in [-0.15, -0.1) is 0 Å². The molecule has 15 heavy (non-hydrogen) atoms. The molecule has 0 saturated carbocycles. The summed E-state index contributed by atoms with van der Waals surface area (Å²) in [5.41, 5.74) is 7.66. The first-order valence-corrected chi connectivity index (χ1v) is 6.89. The van der Waals surface area contributed by atoms with Crippen LogP contribution in [0.2, 0.25) is 5.02 Å². The van der Waals surface area contributed by atoms with E-state index in [0.29, 0.717) is 0 Å². The number of benzene rings is 1. The van der Waals surface area contributed by atoms with Gasteiger partial charge in [-0.25, -0.2) is 0 Å². The Morgan fingerprint density at radius 3 is 2.87 bits per heavy atom. The summed E-state index contributed by atoms with van der Waals surface area (Å²) >= 11 is 8.00. The molecule has 1 rings (SSSR count). The van der Waals surface area contributed by atoms with Crippen LogP contribution in [0, 0.1) is 0 Å². The van der Waals surface area contributed by atoms with Crippen LogP contribution in [0.3, 0.4) is 0 Å². The van der Waals surface area contributed by atoms with E-state index in [-0.39, 0.29) is 0 Å². The fraction of sp³-hybridized carbons (Fsp3) is 0.500. The van der Waals surface area contributed by atoms with Crippen LogP contribution < -0.4 is 5.73 Å². The van der Waals surface area contributed by atoms with Gasteiger partial charge >= 0.3 is 0 Å². The van der Waals surface area contributed by atoms with Crippen LogP contribution in [-0.4, -0.2) is 5.75 Å². The third-order valence-corrected chi connectivity index (χ3v) is 3.68. The Kier molecular flexibility index (Phi) is 5.96. The van der Waals surface area contributed by atoms with Crippen LogP contribution in [0.4, 0.5) is 5.69 Å². The van der Waals surface area contributed by atoms with E-state index in [2.05, 4.69) is 6.92 Å². The number of unbranched alkanes of at least 4 members (excludes halogenated alkanes) is 2. The number of anilines is 1. The molecular weight excluding hydrogens is 226 g/mol. The molecule has 0 aliphatic heterocycles. The van der Waals surface area contributed by atoms with Gasteiger partial charge in [0.25, 0.3) is 0 Å². The van der Waals surface area contributed by atoms with E-state index in [4.69, 9.17) is 17.3 Å². The summed E-state index contributed by atoms with van der Waals surface area (Å²) in [5.74, 6) is 2.17. The second-order valence-corrected chi connectivity index (χ2v) is 5.12. The van der Waals surface area contributed by atoms with Gasteiger partial charge in [0.15, 0.2) is 0 Å². The van der Waals surface area contributed by atoms with Crippen LogP contribution in [0.5, 0.6) is 0 Å². The molecule has 0 heterocycles. The summed E-state index contributed by atoms with van der Waals surface area (Å²) in [6.07, 6.45) is 3.89. The lowest BCUT2D eigenvalue weighted by atomic mass is 10.2. The van der Waals surface area contributed by atoms with Crippen molar-refractivity contribution >= 4 is 29.1 Å². The van der Waals surface area contributed by atoms with Gasteiger partial charge in [-0.2, -0.15) is 11.8 Å². The van der Waals surface area contributed by atoms with Crippen molar-refractivity contribution in [2.75, 3.05) is 11.5 Å². The van der Waals surface area contributed by atoms with Crippen LogP contribution in [-0.2, 0) is 5.75 Å². The van der Waals surface area contributed by atoms with Crippen LogP contribution in [0.1, 0.15) is 31.7 Å². The fourth-order valence-electron chi connectivity index (χ4n) is 1.34. The van der Waals surface area contributed by atoms with Crippen LogP contribution in [0.15, 0.2) is 18.2 Å². The van der Waals surface area contributed by atoms with Crippen LogP contribution in [0.25, 0.3) is 0 Å². The van der Waals surface area contributed by atoms with Crippen molar-refractivity contribution < 1.29 is 0 Å². The first-order valence-electron chi connectivity index (χ1n) is 5.35. The number of hydrogen-bond acceptors (Lipinski definition) is 2. The van der Waals surface area contributed by atoms with E-state index in [1.165, 1.54) is 25.0 Å². The minimum Gasteiger partial charge on any atom is -0.399 e. The smallest absolute Gasteiger partial charge is 0.0447 e. The Morgan fingerprint density at radius 1 is 1.33 bits per heavy atom. The van der Waals surface area contributed by atoms with Crippen molar-refractivity contribution in [1.82, 2.24) is 0 Å². The zero-order valence-electron chi connectivity index (χ0n) is 9.13. The summed E-state index contributed by atoms with van der Waals surface area (Å²) in [7, 11) is 0. The molecule has 2 N–H and O–H groups in total. The number of thioether (sulfide) groups is 1. The Hall–Kier alpha value is -0.340. The summed E-state index contributed by atoms with van der Waals surface area (Å²) < 4.78 is 0. The van der Waals surface area contributed by atoms with Crippen molar-refractivity contribution in [3.8, 4) is 0 Å². The van der Waals surface area contributed by atoms with Gasteiger partial charge in [-0.05, 0) is 35.9 Å². The molecule has 0 aliphatic rings. The van der Waals surface area contributed by atoms with E-state index >= 15 is 0 Å². The molecule has 1 aromatic rings. The topological polar surface area (TPSA) is 26.0 Å². The maximum Gasteiger partial charge on any atom is 0.0447 e. The number of hydrogen-bond donors (Lipinski definition) is 1. The normalized spacial score (nSPS) is 10.5. The number of nitrogen functional groups attached to an aromatic ring is 1. The van der Waals surface area contributed by atoms with Crippen molar-refractivity contribution in [1.29, 1.82) is 0 Å². The van der Waals surface area contributed by atoms with Crippen molar-refractivity contribution in [3.05, 3.63) is 28.8 Å². The van der Waals surface area contributed by atoms with E-state index in [1.54, 1.807) is 0 Å². The quantitative estimate of drug-likeness (QED) is 0.594. The van der Waals surface area contributed by atoms with E-state index in [1.807, 2.05) is 30.0 Å². The Balaban J connectivity index is 2.33. The maximum absolute atomic E-state index is 6.07. The molecule has 0 atom stereocenters. The molecule has 0 amide bonds. The average Bonchev–Trinajstić information content (AvgIpc) is 2.23. The first-order chi connectivity index (χ1) is 7.24. The van der Waals surface area contributed by atoms with Gasteiger partial charge in [0.2, 0.25) is 0 Å². The van der Waals surface area contributed by atoms with Gasteiger partial charge in [-0.3, -0.25) is 0 Å². The fourth-order valence-corrected chi connectivity index (χ4v) is 2.62. The van der Waals surface area contributed by atoms with E-state index < -0.39 is 0 Å². The molecule has 0 fully saturated rings. The average molecular weight is 244 g/mol. The maximum atomic E-state index is 6.07. The van der Waals surface area contributed by atoms with Crippen molar-refractivity contribution in [2.45, 2.75) is 31.9 Å². The monoisotopic (exact) mass is 243 g/mol. The lowest BCUT2D eigenvalue weighted by molar-refractivity contribution is 0.778. The predicted molar refractivity (Wildman–Crippen MR) is 71.6 cm³/mol. The molecule has 0 aliphatic carbocycles. The number of nitrogens with two attached hydrogens (primary N) is 1. The lowest BCUT2D eigenvalue weighted by Gasteiger charge is -2.05. The Morgan fingerprint density at radius 2 is 2.13 bits per heavy atom. The van der Waals surface area contributed by atoms with Gasteiger partial charge in [0.05, 0.1) is 0 Å². The SMILES string of the molecule is CCCCCSCc1cc(N)ccc1Cl. The summed E-state index contributed by atoms with van der Waals surface area (Å²) in [6.45, 7) is 2.22. The standard InChI is InChI=1S/C12H18ClNS/c1-2-3-4-7-15-9-10-8-11(14)5-6-12(10)13/h5-6,8H,2-4,7,9,14H2,1H3. The van der Waals surface area contributed by atoms with E-state index in [9.17, 15) is 0 Å². The minimum absolute atomic E-state index is 0.795. The van der Waals surface area contributed by atoms with Crippen molar-refractivity contribution in [2.24, 2.45) is 0 Å². The van der Waals surface area contributed by atoms with Gasteiger partial charge in [-0.1, -0.05) is 31.4 Å². The molecule has 3 heteroatoms. The molecule has 0 saturated heterocycles. The number of rotatable bonds is 6. The van der Waals surface area contributed by atoms with Gasteiger partial charge in [0, 0.05) is 16.5 Å². The zero-order valence-corrected chi connectivity index (χ0v) is 10.7. The highest BCUT2D eigenvalue weighted by Gasteiger charge is 2.00. The third-order valence-electron chi connectivity index (χ3n) is 2.22. The predicted octanol–water partition coefficient (Wildman–Crippen LogP) is 4.35. The van der Waals surface area contributed by atoms with Gasteiger partial charge < -0.3 is 5.73 Å². The second-order valence-electron chi connectivity index (χ2n) is 3.61. The zero-order chi connectivity index (χ0) is 11.1. The molecule has 1 nitrogen and oxygen atoms in total. The molecular formula is C12H18ClNS. The highest BCUT2D eigenvalue weighted by Crippen LogP contribution is 2.24. The highest BCUT2D eigenvalue weighted by molar-refractivity contribution is 7.98. The Bertz CT molecular complexity index is 302. The molecule has 0 bridgehead atoms. The summed E-state index contributed by atoms with van der Waals surface area (Å²) in [4.78, 5) is 0. The molecule has 84 valence electrons. The molecule has 0 radical (unpaired) electrons. The second kappa shape index (κ2) is 7.02.